The van der Waals surface area contributed by atoms with Crippen LogP contribution in [0.1, 0.15) is 0 Å². The summed E-state index contributed by atoms with van der Waals surface area (Å²) < 4.78 is 0. The highest BCUT2D eigenvalue weighted by molar-refractivity contribution is 5.26. The topological polar surface area (TPSA) is 81.8 Å². The van der Waals surface area contributed by atoms with Gasteiger partial charge in [0.1, 0.15) is 0 Å². The minimum Gasteiger partial charge on any atom is -0.222 e. The first kappa shape index (κ1) is 22.7. The molecule has 0 spiro atoms. The van der Waals surface area contributed by atoms with Crippen LogP contribution in [0.25, 0.3) is 0 Å². The van der Waals surface area contributed by atoms with Crippen molar-refractivity contribution in [1.82, 2.24) is 0 Å². The molecule has 0 amide bonds. The summed E-state index contributed by atoms with van der Waals surface area (Å²) in [4.78, 5) is 16.7. The van der Waals surface area contributed by atoms with Crippen LogP contribution in [0, 0.1) is 10.8 Å². The predicted molar refractivity (Wildman–Crippen MR) is 96.2 cm³/mol. The molecule has 3 rings (SSSR count). The summed E-state index contributed by atoms with van der Waals surface area (Å²) >= 11 is 0. The zero-order valence-electron chi connectivity index (χ0n) is 13.2. The Morgan fingerprint density at radius 2 is 0.375 bits per heavy atom. The zero-order chi connectivity index (χ0) is 18.1. The molecule has 0 radical (unpaired) electrons. The Labute approximate surface area is 142 Å². The molecule has 0 aliphatic rings. The summed E-state index contributed by atoms with van der Waals surface area (Å²) in [5.41, 5.74) is 0. The van der Waals surface area contributed by atoms with Gasteiger partial charge in [0.25, 0.3) is 0 Å². The SMILES string of the molecule is N=C=O.N=C=O.c1ccccc1.c1ccccc1.c1ccccc1. The van der Waals surface area contributed by atoms with Gasteiger partial charge in [0.15, 0.2) is 0 Å². The van der Waals surface area contributed by atoms with Gasteiger partial charge < -0.3 is 0 Å². The minimum atomic E-state index is 0.750. The Morgan fingerprint density at radius 1 is 0.333 bits per heavy atom. The highest BCUT2D eigenvalue weighted by atomic mass is 16.1. The maximum absolute atomic E-state index is 8.35. The molecule has 0 fully saturated rings. The van der Waals surface area contributed by atoms with Crippen molar-refractivity contribution in [2.45, 2.75) is 0 Å². The highest BCUT2D eigenvalue weighted by Crippen LogP contribution is 1.81. The fourth-order valence-corrected chi connectivity index (χ4v) is 1.15. The zero-order valence-corrected chi connectivity index (χ0v) is 13.2. The van der Waals surface area contributed by atoms with Crippen LogP contribution in [0.3, 0.4) is 0 Å². The Balaban J connectivity index is 0. The molecule has 3 aromatic rings. The van der Waals surface area contributed by atoms with Crippen molar-refractivity contribution in [1.29, 1.82) is 10.8 Å². The molecule has 0 unspecified atom stereocenters. The van der Waals surface area contributed by atoms with Crippen molar-refractivity contribution < 1.29 is 9.59 Å². The van der Waals surface area contributed by atoms with E-state index < -0.39 is 0 Å². The van der Waals surface area contributed by atoms with Crippen molar-refractivity contribution in [2.24, 2.45) is 0 Å². The molecule has 24 heavy (non-hydrogen) atoms. The molecule has 4 nitrogen and oxygen atoms in total. The lowest BCUT2D eigenvalue weighted by molar-refractivity contribution is 0.562. The van der Waals surface area contributed by atoms with Crippen molar-refractivity contribution >= 4 is 12.2 Å². The number of rotatable bonds is 0. The molecule has 0 atom stereocenters. The van der Waals surface area contributed by atoms with Crippen molar-refractivity contribution in [3.63, 3.8) is 0 Å². The number of hydrogen-bond acceptors (Lipinski definition) is 4. The quantitative estimate of drug-likeness (QED) is 0.458. The third-order valence-electron chi connectivity index (χ3n) is 2.00. The smallest absolute Gasteiger partial charge is 0.222 e. The fraction of sp³-hybridized carbons (Fsp3) is 0. The van der Waals surface area contributed by atoms with Gasteiger partial charge in [-0.15, -0.1) is 0 Å². The van der Waals surface area contributed by atoms with Crippen LogP contribution in [-0.4, -0.2) is 12.2 Å². The van der Waals surface area contributed by atoms with Gasteiger partial charge in [0.2, 0.25) is 12.2 Å². The maximum atomic E-state index is 8.35. The summed E-state index contributed by atoms with van der Waals surface area (Å²) in [5, 5.41) is 10.8. The van der Waals surface area contributed by atoms with Crippen LogP contribution in [0.5, 0.6) is 0 Å². The van der Waals surface area contributed by atoms with Gasteiger partial charge in [0.05, 0.1) is 0 Å². The Hall–Kier alpha value is -3.58. The summed E-state index contributed by atoms with van der Waals surface area (Å²) in [6.07, 6.45) is 1.50. The molecule has 0 saturated heterocycles. The molecule has 0 heterocycles. The molecule has 0 aliphatic heterocycles. The Morgan fingerprint density at radius 3 is 0.417 bits per heavy atom. The standard InChI is InChI=1S/3C6H6.2CHNO/c3*1-2-4-6-5-3-1;2*2-1-3/h3*1-6H;2*2H. The third-order valence-corrected chi connectivity index (χ3v) is 2.00. The first-order chi connectivity index (χ1) is 11.8. The van der Waals surface area contributed by atoms with E-state index in [9.17, 15) is 0 Å². The van der Waals surface area contributed by atoms with E-state index in [1.54, 1.807) is 0 Å². The maximum Gasteiger partial charge on any atom is 0.231 e. The van der Waals surface area contributed by atoms with Crippen LogP contribution in [0.4, 0.5) is 0 Å². The van der Waals surface area contributed by atoms with Gasteiger partial charge in [-0.3, -0.25) is 0 Å². The van der Waals surface area contributed by atoms with Crippen LogP contribution < -0.4 is 0 Å². The van der Waals surface area contributed by atoms with E-state index in [0.717, 1.165) is 12.2 Å². The molecular weight excluding hydrogens is 300 g/mol. The molecule has 0 saturated carbocycles. The lowest BCUT2D eigenvalue weighted by Gasteiger charge is -1.69. The fourth-order valence-electron chi connectivity index (χ4n) is 1.15. The van der Waals surface area contributed by atoms with Crippen molar-refractivity contribution in [2.75, 3.05) is 0 Å². The molecule has 0 aliphatic carbocycles. The van der Waals surface area contributed by atoms with Gasteiger partial charge >= 0.3 is 0 Å². The van der Waals surface area contributed by atoms with Crippen LogP contribution in [-0.2, 0) is 9.59 Å². The van der Waals surface area contributed by atoms with Crippen molar-refractivity contribution in [3.05, 3.63) is 109 Å². The number of isocyanates is 2. The van der Waals surface area contributed by atoms with Gasteiger partial charge in [-0.05, 0) is 0 Å². The van der Waals surface area contributed by atoms with Gasteiger partial charge in [-0.1, -0.05) is 109 Å². The van der Waals surface area contributed by atoms with E-state index in [1.165, 1.54) is 0 Å². The second-order valence-electron chi connectivity index (χ2n) is 3.67. The van der Waals surface area contributed by atoms with Crippen molar-refractivity contribution in [3.8, 4) is 0 Å². The van der Waals surface area contributed by atoms with Gasteiger partial charge in [-0.2, -0.15) is 0 Å². The molecule has 4 heteroatoms. The van der Waals surface area contributed by atoms with E-state index in [-0.39, 0.29) is 0 Å². The average molecular weight is 320 g/mol. The Bertz CT molecular complexity index is 451. The van der Waals surface area contributed by atoms with Crippen LogP contribution in [0.2, 0.25) is 0 Å². The number of nitrogens with one attached hydrogen (secondary N) is 2. The first-order valence-corrected chi connectivity index (χ1v) is 6.91. The summed E-state index contributed by atoms with van der Waals surface area (Å²) in [7, 11) is 0. The van der Waals surface area contributed by atoms with Crippen LogP contribution in [0.15, 0.2) is 109 Å². The molecule has 2 N–H and O–H groups in total. The summed E-state index contributed by atoms with van der Waals surface area (Å²) in [5.74, 6) is 0. The second-order valence-corrected chi connectivity index (χ2v) is 3.67. The highest BCUT2D eigenvalue weighted by Gasteiger charge is 1.59. The number of carbonyl (C=O) groups excluding carboxylic acids is 2. The summed E-state index contributed by atoms with van der Waals surface area (Å²) in [6.45, 7) is 0. The Kier molecular flexibility index (Phi) is 23.1. The van der Waals surface area contributed by atoms with Crippen LogP contribution >= 0.6 is 0 Å². The number of benzene rings is 3. The van der Waals surface area contributed by atoms with E-state index in [0.29, 0.717) is 0 Å². The first-order valence-electron chi connectivity index (χ1n) is 6.91. The minimum absolute atomic E-state index is 0.750. The molecular formula is C20H20N2O2. The van der Waals surface area contributed by atoms with E-state index in [4.69, 9.17) is 20.4 Å². The lowest BCUT2D eigenvalue weighted by Crippen LogP contribution is -1.47. The monoisotopic (exact) mass is 320 g/mol. The van der Waals surface area contributed by atoms with E-state index >= 15 is 0 Å². The molecule has 0 bridgehead atoms. The largest absolute Gasteiger partial charge is 0.231 e. The normalized spacial score (nSPS) is 6.67. The second kappa shape index (κ2) is 24.4. The van der Waals surface area contributed by atoms with E-state index in [2.05, 4.69) is 0 Å². The molecule has 0 aromatic heterocycles. The van der Waals surface area contributed by atoms with Gasteiger partial charge in [-0.25, -0.2) is 20.4 Å². The predicted octanol–water partition coefficient (Wildman–Crippen LogP) is 4.86. The molecule has 3 aromatic carbocycles. The average Bonchev–Trinajstić information content (AvgIpc) is 2.68. The summed E-state index contributed by atoms with van der Waals surface area (Å²) in [6, 6.07) is 36.0. The number of hydrogen-bond donors (Lipinski definition) is 2. The van der Waals surface area contributed by atoms with Gasteiger partial charge in [0, 0.05) is 0 Å². The lowest BCUT2D eigenvalue weighted by atomic mass is 10.4. The van der Waals surface area contributed by atoms with E-state index in [1.807, 2.05) is 109 Å². The molecule has 122 valence electrons. The third kappa shape index (κ3) is 26.9.